The van der Waals surface area contributed by atoms with Gasteiger partial charge in [0.15, 0.2) is 0 Å². The third-order valence-electron chi connectivity index (χ3n) is 3.83. The lowest BCUT2D eigenvalue weighted by Crippen LogP contribution is -2.12. The number of hydrogen-bond acceptors (Lipinski definition) is 3. The summed E-state index contributed by atoms with van der Waals surface area (Å²) in [5.74, 6) is 0.996. The van der Waals surface area contributed by atoms with E-state index in [4.69, 9.17) is 0 Å². The molecule has 0 unspecified atom stereocenters. The number of hydrogen-bond donors (Lipinski definition) is 1. The van der Waals surface area contributed by atoms with Crippen LogP contribution in [0.25, 0.3) is 0 Å². The van der Waals surface area contributed by atoms with Crippen molar-refractivity contribution >= 4 is 5.69 Å². The molecule has 0 saturated carbocycles. The van der Waals surface area contributed by atoms with Gasteiger partial charge in [-0.2, -0.15) is 5.10 Å². The lowest BCUT2D eigenvalue weighted by atomic mass is 9.90. The van der Waals surface area contributed by atoms with Gasteiger partial charge in [0.2, 0.25) is 0 Å². The van der Waals surface area contributed by atoms with Crippen LogP contribution in [0.2, 0.25) is 0 Å². The van der Waals surface area contributed by atoms with Crippen molar-refractivity contribution in [1.82, 2.24) is 14.8 Å². The molecular formula is C15H20N4. The minimum Gasteiger partial charge on any atom is -0.378 e. The summed E-state index contributed by atoms with van der Waals surface area (Å²) in [6.07, 6.45) is 6.66. The first-order chi connectivity index (χ1) is 9.38. The Morgan fingerprint density at radius 3 is 3.05 bits per heavy atom. The molecule has 0 radical (unpaired) electrons. The Labute approximate surface area is 113 Å². The van der Waals surface area contributed by atoms with Crippen LogP contribution in [-0.2, 0) is 25.9 Å². The van der Waals surface area contributed by atoms with Crippen molar-refractivity contribution in [3.8, 4) is 0 Å². The summed E-state index contributed by atoms with van der Waals surface area (Å²) in [5, 5.41) is 7.73. The largest absolute Gasteiger partial charge is 0.378 e. The summed E-state index contributed by atoms with van der Waals surface area (Å²) in [7, 11) is 0. The quantitative estimate of drug-likeness (QED) is 0.914. The van der Waals surface area contributed by atoms with E-state index in [1.54, 1.807) is 6.33 Å². The number of aromatic nitrogens is 3. The molecule has 0 spiro atoms. The van der Waals surface area contributed by atoms with E-state index < -0.39 is 0 Å². The fraction of sp³-hybridized carbons (Fsp3) is 0.467. The van der Waals surface area contributed by atoms with Crippen LogP contribution >= 0.6 is 0 Å². The Morgan fingerprint density at radius 2 is 2.16 bits per heavy atom. The lowest BCUT2D eigenvalue weighted by molar-refractivity contribution is 0.621. The van der Waals surface area contributed by atoms with Crippen LogP contribution < -0.4 is 5.32 Å². The Hall–Kier alpha value is -1.84. The number of fused-ring (bicyclic) bond motifs is 1. The fourth-order valence-electron chi connectivity index (χ4n) is 2.81. The molecule has 1 aromatic carbocycles. The molecule has 0 atom stereocenters. The highest BCUT2D eigenvalue weighted by Crippen LogP contribution is 2.27. The van der Waals surface area contributed by atoms with Gasteiger partial charge in [0, 0.05) is 12.2 Å². The van der Waals surface area contributed by atoms with Crippen LogP contribution in [0, 0.1) is 0 Å². The SMILES string of the molecule is CCn1ncnc1CNc1cccc2c1CCCC2. The summed E-state index contributed by atoms with van der Waals surface area (Å²) in [6, 6.07) is 6.59. The van der Waals surface area contributed by atoms with E-state index in [1.165, 1.54) is 42.5 Å². The van der Waals surface area contributed by atoms with E-state index >= 15 is 0 Å². The first-order valence-electron chi connectivity index (χ1n) is 7.10. The molecule has 4 nitrogen and oxygen atoms in total. The number of anilines is 1. The number of rotatable bonds is 4. The highest BCUT2D eigenvalue weighted by Gasteiger charge is 2.13. The highest BCUT2D eigenvalue weighted by molar-refractivity contribution is 5.55. The van der Waals surface area contributed by atoms with Crippen LogP contribution in [0.3, 0.4) is 0 Å². The van der Waals surface area contributed by atoms with Gasteiger partial charge in [0.1, 0.15) is 12.2 Å². The fourth-order valence-corrected chi connectivity index (χ4v) is 2.81. The van der Waals surface area contributed by atoms with E-state index in [9.17, 15) is 0 Å². The Balaban J connectivity index is 1.77. The smallest absolute Gasteiger partial charge is 0.146 e. The average Bonchev–Trinajstić information content (AvgIpc) is 2.92. The minimum absolute atomic E-state index is 0.740. The summed E-state index contributed by atoms with van der Waals surface area (Å²) in [6.45, 7) is 3.69. The summed E-state index contributed by atoms with van der Waals surface area (Å²) < 4.78 is 1.93. The molecule has 0 aliphatic heterocycles. The minimum atomic E-state index is 0.740. The van der Waals surface area contributed by atoms with E-state index in [0.29, 0.717) is 0 Å². The van der Waals surface area contributed by atoms with E-state index in [-0.39, 0.29) is 0 Å². The van der Waals surface area contributed by atoms with Gasteiger partial charge in [-0.1, -0.05) is 12.1 Å². The molecule has 4 heteroatoms. The van der Waals surface area contributed by atoms with Gasteiger partial charge in [-0.15, -0.1) is 0 Å². The van der Waals surface area contributed by atoms with Gasteiger partial charge in [-0.25, -0.2) is 9.67 Å². The molecule has 0 saturated heterocycles. The van der Waals surface area contributed by atoms with Gasteiger partial charge in [-0.3, -0.25) is 0 Å². The van der Waals surface area contributed by atoms with Gasteiger partial charge in [0.05, 0.1) is 6.54 Å². The van der Waals surface area contributed by atoms with E-state index in [1.807, 2.05) is 4.68 Å². The summed E-state index contributed by atoms with van der Waals surface area (Å²) >= 11 is 0. The Morgan fingerprint density at radius 1 is 1.26 bits per heavy atom. The Kier molecular flexibility index (Phi) is 3.49. The highest BCUT2D eigenvalue weighted by atomic mass is 15.3. The zero-order chi connectivity index (χ0) is 13.1. The number of benzene rings is 1. The first-order valence-corrected chi connectivity index (χ1v) is 7.10. The summed E-state index contributed by atoms with van der Waals surface area (Å²) in [4.78, 5) is 4.30. The number of aryl methyl sites for hydroxylation is 2. The van der Waals surface area contributed by atoms with Gasteiger partial charge in [-0.05, 0) is 49.8 Å². The maximum Gasteiger partial charge on any atom is 0.146 e. The van der Waals surface area contributed by atoms with Gasteiger partial charge >= 0.3 is 0 Å². The Bertz CT molecular complexity index is 559. The van der Waals surface area contributed by atoms with Crippen molar-refractivity contribution in [1.29, 1.82) is 0 Å². The van der Waals surface area contributed by atoms with Gasteiger partial charge in [0.25, 0.3) is 0 Å². The molecule has 1 heterocycles. The van der Waals surface area contributed by atoms with Gasteiger partial charge < -0.3 is 5.32 Å². The second-order valence-electron chi connectivity index (χ2n) is 5.00. The normalized spacial score (nSPS) is 14.2. The van der Waals surface area contributed by atoms with Crippen molar-refractivity contribution in [3.05, 3.63) is 41.5 Å². The zero-order valence-corrected chi connectivity index (χ0v) is 11.4. The molecule has 2 aromatic rings. The zero-order valence-electron chi connectivity index (χ0n) is 11.4. The molecule has 1 aliphatic carbocycles. The van der Waals surface area contributed by atoms with E-state index in [2.05, 4.69) is 40.5 Å². The molecule has 0 amide bonds. The molecule has 19 heavy (non-hydrogen) atoms. The average molecular weight is 256 g/mol. The van der Waals surface area contributed by atoms with Crippen molar-refractivity contribution < 1.29 is 0 Å². The first kappa shape index (κ1) is 12.2. The molecule has 100 valence electrons. The molecule has 1 aliphatic rings. The molecule has 0 bridgehead atoms. The second-order valence-corrected chi connectivity index (χ2v) is 5.00. The monoisotopic (exact) mass is 256 g/mol. The molecular weight excluding hydrogens is 236 g/mol. The van der Waals surface area contributed by atoms with E-state index in [0.717, 1.165) is 18.9 Å². The topological polar surface area (TPSA) is 42.7 Å². The number of nitrogens with zero attached hydrogens (tertiary/aromatic N) is 3. The van der Waals surface area contributed by atoms with Crippen LogP contribution in [0.1, 0.15) is 36.7 Å². The predicted molar refractivity (Wildman–Crippen MR) is 76.1 cm³/mol. The summed E-state index contributed by atoms with van der Waals surface area (Å²) in [5.41, 5.74) is 4.27. The van der Waals surface area contributed by atoms with Crippen molar-refractivity contribution in [2.75, 3.05) is 5.32 Å². The standard InChI is InChI=1S/C15H20N4/c1-2-19-15(17-11-18-19)10-16-14-9-5-7-12-6-3-4-8-13(12)14/h5,7,9,11,16H,2-4,6,8,10H2,1H3. The van der Waals surface area contributed by atoms with Crippen LogP contribution in [0.4, 0.5) is 5.69 Å². The maximum atomic E-state index is 4.30. The molecule has 3 rings (SSSR count). The number of nitrogens with one attached hydrogen (secondary N) is 1. The lowest BCUT2D eigenvalue weighted by Gasteiger charge is -2.20. The second kappa shape index (κ2) is 5.43. The molecule has 1 aromatic heterocycles. The molecule has 0 fully saturated rings. The maximum absolute atomic E-state index is 4.30. The van der Waals surface area contributed by atoms with Crippen LogP contribution in [-0.4, -0.2) is 14.8 Å². The van der Waals surface area contributed by atoms with Crippen LogP contribution in [0.5, 0.6) is 0 Å². The third-order valence-corrected chi connectivity index (χ3v) is 3.83. The van der Waals surface area contributed by atoms with Crippen molar-refractivity contribution in [3.63, 3.8) is 0 Å². The third kappa shape index (κ3) is 2.48. The van der Waals surface area contributed by atoms with Crippen LogP contribution in [0.15, 0.2) is 24.5 Å². The predicted octanol–water partition coefficient (Wildman–Crippen LogP) is 2.79. The molecule has 1 N–H and O–H groups in total. The van der Waals surface area contributed by atoms with Crippen molar-refractivity contribution in [2.24, 2.45) is 0 Å². The van der Waals surface area contributed by atoms with Crippen molar-refractivity contribution in [2.45, 2.75) is 45.7 Å².